The Morgan fingerprint density at radius 2 is 1.17 bits per heavy atom. The molecule has 1 radical (unpaired) electrons. The maximum Gasteiger partial charge on any atom is 0 e. The van der Waals surface area contributed by atoms with Gasteiger partial charge in [0.1, 0.15) is 0 Å². The first kappa shape index (κ1) is 20.1. The minimum atomic E-state index is -10.7. The molecule has 0 aromatic carbocycles. The van der Waals surface area contributed by atoms with Crippen LogP contribution in [0.2, 0.25) is 0 Å². The smallest absolute Gasteiger partial charge is 0 e. The van der Waals surface area contributed by atoms with E-state index in [1.54, 1.807) is 0 Å². The van der Waals surface area contributed by atoms with Gasteiger partial charge in [0.05, 0.1) is 0 Å². The Morgan fingerprint density at radius 3 is 1.33 bits per heavy atom. The van der Waals surface area contributed by atoms with Gasteiger partial charge in [-0.15, -0.1) is 0 Å². The SMILES string of the molecule is CC(C)(C)c1ccncc1.F[P-](F)(F)(F)(F)F.[Ir]. The molecule has 0 saturated carbocycles. The van der Waals surface area contributed by atoms with Gasteiger partial charge in [-0.2, -0.15) is 0 Å². The second-order valence-electron chi connectivity index (χ2n) is 4.44. The van der Waals surface area contributed by atoms with Crippen molar-refractivity contribution in [2.75, 3.05) is 0 Å². The van der Waals surface area contributed by atoms with Crippen molar-refractivity contribution in [3.8, 4) is 0 Å². The summed E-state index contributed by atoms with van der Waals surface area (Å²) in [5.41, 5.74) is 1.59. The molecule has 0 bridgehead atoms. The standard InChI is InChI=1S/C9H13N.F6P.Ir/c1-9(2,3)8-4-6-10-7-5-8;1-7(2,3,4,5)6;/h4-7H,1-3H3;;/q;-1;. The quantitative estimate of drug-likeness (QED) is 0.346. The molecule has 1 aromatic rings. The van der Waals surface area contributed by atoms with E-state index in [2.05, 4.69) is 37.9 Å². The molecule has 0 spiro atoms. The summed E-state index contributed by atoms with van der Waals surface area (Å²) in [7, 11) is -10.7. The molecule has 0 aliphatic rings. The van der Waals surface area contributed by atoms with Gasteiger partial charge >= 0.3 is 33.0 Å². The van der Waals surface area contributed by atoms with Crippen LogP contribution in [0.1, 0.15) is 26.3 Å². The zero-order valence-corrected chi connectivity index (χ0v) is 13.1. The molecule has 0 fully saturated rings. The molecule has 0 saturated heterocycles. The van der Waals surface area contributed by atoms with E-state index in [-0.39, 0.29) is 25.5 Å². The molecule has 0 aliphatic heterocycles. The van der Waals surface area contributed by atoms with Crippen molar-refractivity contribution in [1.82, 2.24) is 4.98 Å². The molecule has 111 valence electrons. The summed E-state index contributed by atoms with van der Waals surface area (Å²) in [6, 6.07) is 4.11. The predicted octanol–water partition coefficient (Wildman–Crippen LogP) is 5.76. The van der Waals surface area contributed by atoms with Crippen molar-refractivity contribution in [3.05, 3.63) is 30.1 Å². The van der Waals surface area contributed by atoms with Gasteiger partial charge in [0.15, 0.2) is 0 Å². The first-order valence-corrected chi connectivity index (χ1v) is 6.55. The third kappa shape index (κ3) is 18.2. The first-order valence-electron chi connectivity index (χ1n) is 4.52. The van der Waals surface area contributed by atoms with E-state index in [1.807, 2.05) is 12.4 Å². The van der Waals surface area contributed by atoms with Gasteiger partial charge in [-0.1, -0.05) is 20.8 Å². The number of hydrogen-bond acceptors (Lipinski definition) is 1. The average Bonchev–Trinajstić information content (AvgIpc) is 1.98. The fourth-order valence-electron chi connectivity index (χ4n) is 0.852. The molecule has 9 heteroatoms. The predicted molar refractivity (Wildman–Crippen MR) is 56.5 cm³/mol. The third-order valence-electron chi connectivity index (χ3n) is 1.55. The third-order valence-corrected chi connectivity index (χ3v) is 1.55. The molecule has 1 aromatic heterocycles. The topological polar surface area (TPSA) is 12.9 Å². The number of halogens is 6. The summed E-state index contributed by atoms with van der Waals surface area (Å²) in [5, 5.41) is 0. The van der Waals surface area contributed by atoms with Crippen LogP contribution < -0.4 is 0 Å². The molecule has 0 aliphatic carbocycles. The zero-order chi connectivity index (χ0) is 14.0. The Labute approximate surface area is 115 Å². The number of pyridine rings is 1. The largest absolute Gasteiger partial charge is 0 e. The molecule has 0 amide bonds. The van der Waals surface area contributed by atoms with Crippen molar-refractivity contribution in [2.24, 2.45) is 0 Å². The number of rotatable bonds is 0. The van der Waals surface area contributed by atoms with Gasteiger partial charge in [-0.3, -0.25) is 4.98 Å². The summed E-state index contributed by atoms with van der Waals surface area (Å²) in [6.45, 7) is 6.59. The number of aromatic nitrogens is 1. The van der Waals surface area contributed by atoms with E-state index in [9.17, 15) is 25.2 Å². The average molecular weight is 472 g/mol. The van der Waals surface area contributed by atoms with Gasteiger partial charge in [-0.05, 0) is 23.1 Å². The zero-order valence-electron chi connectivity index (χ0n) is 9.80. The minimum Gasteiger partial charge on any atom is 0 e. The van der Waals surface area contributed by atoms with Gasteiger partial charge in [-0.25, -0.2) is 0 Å². The Morgan fingerprint density at radius 1 is 0.889 bits per heavy atom. The monoisotopic (exact) mass is 473 g/mol. The van der Waals surface area contributed by atoms with E-state index in [0.717, 1.165) is 0 Å². The number of nitrogens with zero attached hydrogens (tertiary/aromatic N) is 1. The van der Waals surface area contributed by atoms with E-state index < -0.39 is 7.81 Å². The molecule has 1 heterocycles. The first-order chi connectivity index (χ1) is 7.05. The van der Waals surface area contributed by atoms with Crippen molar-refractivity contribution < 1.29 is 45.3 Å². The van der Waals surface area contributed by atoms with Gasteiger partial charge in [0.2, 0.25) is 0 Å². The molecule has 1 rings (SSSR count). The van der Waals surface area contributed by atoms with E-state index in [4.69, 9.17) is 0 Å². The fraction of sp³-hybridized carbons (Fsp3) is 0.444. The molecular formula is C9H13F6IrNP-. The van der Waals surface area contributed by atoms with E-state index in [1.165, 1.54) is 5.56 Å². The van der Waals surface area contributed by atoms with Gasteiger partial charge in [0, 0.05) is 32.5 Å². The minimum absolute atomic E-state index is 0. The van der Waals surface area contributed by atoms with E-state index in [0.29, 0.717) is 0 Å². The molecule has 1 nitrogen and oxygen atoms in total. The van der Waals surface area contributed by atoms with E-state index >= 15 is 0 Å². The van der Waals surface area contributed by atoms with Crippen LogP contribution in [-0.4, -0.2) is 4.98 Å². The van der Waals surface area contributed by atoms with Crippen molar-refractivity contribution in [1.29, 1.82) is 0 Å². The van der Waals surface area contributed by atoms with Crippen molar-refractivity contribution in [3.63, 3.8) is 0 Å². The van der Waals surface area contributed by atoms with Crippen LogP contribution >= 0.6 is 7.81 Å². The Balaban J connectivity index is 0. The van der Waals surface area contributed by atoms with Crippen LogP contribution in [0.3, 0.4) is 0 Å². The molecule has 0 atom stereocenters. The molecular weight excluding hydrogens is 459 g/mol. The van der Waals surface area contributed by atoms with Gasteiger partial charge < -0.3 is 0 Å². The maximum atomic E-state index is 9.87. The van der Waals surface area contributed by atoms with Crippen LogP contribution in [0.25, 0.3) is 0 Å². The van der Waals surface area contributed by atoms with Crippen LogP contribution in [-0.2, 0) is 25.5 Å². The Kier molecular flexibility index (Phi) is 5.66. The summed E-state index contributed by atoms with van der Waals surface area (Å²) in [5.74, 6) is 0. The second kappa shape index (κ2) is 5.06. The normalized spacial score (nSPS) is 15.4. The molecule has 0 N–H and O–H groups in total. The summed E-state index contributed by atoms with van der Waals surface area (Å²) < 4.78 is 59.2. The van der Waals surface area contributed by atoms with Gasteiger partial charge in [0.25, 0.3) is 0 Å². The van der Waals surface area contributed by atoms with Crippen molar-refractivity contribution in [2.45, 2.75) is 26.2 Å². The Bertz CT molecular complexity index is 357. The van der Waals surface area contributed by atoms with Crippen LogP contribution in [0.5, 0.6) is 0 Å². The maximum absolute atomic E-state index is 10.7. The summed E-state index contributed by atoms with van der Waals surface area (Å²) in [4.78, 5) is 3.96. The summed E-state index contributed by atoms with van der Waals surface area (Å²) >= 11 is 0. The molecule has 0 unspecified atom stereocenters. The number of hydrogen-bond donors (Lipinski definition) is 0. The second-order valence-corrected chi connectivity index (χ2v) is 6.36. The van der Waals surface area contributed by atoms with Crippen molar-refractivity contribution >= 4 is 7.81 Å². The Hall–Kier alpha value is -0.191. The van der Waals surface area contributed by atoms with Crippen LogP contribution in [0, 0.1) is 0 Å². The molecule has 18 heavy (non-hydrogen) atoms. The van der Waals surface area contributed by atoms with Crippen LogP contribution in [0.15, 0.2) is 24.5 Å². The van der Waals surface area contributed by atoms with Crippen LogP contribution in [0.4, 0.5) is 25.2 Å². The fourth-order valence-corrected chi connectivity index (χ4v) is 0.852. The summed E-state index contributed by atoms with van der Waals surface area (Å²) in [6.07, 6.45) is 3.67.